The molecule has 17 unspecified atom stereocenters. The molecule has 3 aliphatic heterocycles. The molecule has 86 heavy (non-hydrogen) atoms. The van der Waals surface area contributed by atoms with Crippen LogP contribution in [0.1, 0.15) is 187 Å². The van der Waals surface area contributed by atoms with E-state index in [9.17, 15) is 61.0 Å². The monoisotopic (exact) mass is 1220 g/mol. The van der Waals surface area contributed by atoms with Gasteiger partial charge in [-0.25, -0.2) is 0 Å². The van der Waals surface area contributed by atoms with Crippen LogP contribution in [0.2, 0.25) is 0 Å². The van der Waals surface area contributed by atoms with Gasteiger partial charge in [-0.2, -0.15) is 0 Å². The topological polar surface area (TPSA) is 307 Å². The molecule has 3 heterocycles. The minimum atomic E-state index is -1.99. The highest BCUT2D eigenvalue weighted by atomic mass is 16.8. The lowest BCUT2D eigenvalue weighted by atomic mass is 9.96. The Labute approximate surface area is 513 Å². The maximum Gasteiger partial charge on any atom is 0.224 e. The number of ether oxygens (including phenoxy) is 6. The van der Waals surface area contributed by atoms with Gasteiger partial charge in [-0.05, 0) is 70.6 Å². The van der Waals surface area contributed by atoms with Gasteiger partial charge in [-0.15, -0.1) is 0 Å². The van der Waals surface area contributed by atoms with Gasteiger partial charge in [0.05, 0.1) is 38.6 Å². The van der Waals surface area contributed by atoms with E-state index in [1.807, 2.05) is 18.2 Å². The molecule has 17 atom stereocenters. The summed E-state index contributed by atoms with van der Waals surface area (Å²) in [4.78, 5) is 13.3. The fraction of sp³-hybridized carbons (Fsp3) is 0.746. The molecule has 0 saturated carbocycles. The Balaban J connectivity index is 1.49. The first-order valence-electron chi connectivity index (χ1n) is 32.5. The summed E-state index contributed by atoms with van der Waals surface area (Å²) in [6.07, 6.45) is 35.8. The molecule has 1 amide bonds. The number of hydrogen-bond donors (Lipinski definition) is 12. The third-order valence-corrected chi connectivity index (χ3v) is 15.6. The van der Waals surface area contributed by atoms with Gasteiger partial charge in [0.25, 0.3) is 0 Å². The Kier molecular flexibility index (Phi) is 43.4. The summed E-state index contributed by atoms with van der Waals surface area (Å²) in [5, 5.41) is 120. The van der Waals surface area contributed by atoms with Gasteiger partial charge in [0, 0.05) is 6.42 Å². The summed E-state index contributed by atoms with van der Waals surface area (Å²) in [5.41, 5.74) is 0. The van der Waals surface area contributed by atoms with Crippen molar-refractivity contribution in [1.29, 1.82) is 0 Å². The maximum absolute atomic E-state index is 13.3. The summed E-state index contributed by atoms with van der Waals surface area (Å²) in [7, 11) is 0. The minimum Gasteiger partial charge on any atom is -0.394 e. The minimum absolute atomic E-state index is 0.00556. The Morgan fingerprint density at radius 3 is 1.28 bits per heavy atom. The van der Waals surface area contributed by atoms with Crippen molar-refractivity contribution in [2.24, 2.45) is 0 Å². The highest BCUT2D eigenvalue weighted by Gasteiger charge is 2.53. The van der Waals surface area contributed by atoms with Crippen molar-refractivity contribution in [3.63, 3.8) is 0 Å². The predicted molar refractivity (Wildman–Crippen MR) is 332 cm³/mol. The number of carbonyl (C=O) groups excluding carboxylic acids is 1. The first-order chi connectivity index (χ1) is 41.8. The van der Waals surface area contributed by atoms with E-state index >= 15 is 0 Å². The van der Waals surface area contributed by atoms with Crippen LogP contribution in [0.15, 0.2) is 97.2 Å². The van der Waals surface area contributed by atoms with E-state index in [0.29, 0.717) is 12.8 Å². The lowest BCUT2D eigenvalue weighted by Crippen LogP contribution is -2.66. The van der Waals surface area contributed by atoms with Crippen LogP contribution in [0.3, 0.4) is 0 Å². The second-order valence-corrected chi connectivity index (χ2v) is 22.8. The van der Waals surface area contributed by atoms with Crippen molar-refractivity contribution in [3.8, 4) is 0 Å². The number of allylic oxidation sites excluding steroid dienone is 14. The predicted octanol–water partition coefficient (Wildman–Crippen LogP) is 7.32. The van der Waals surface area contributed by atoms with Crippen LogP contribution < -0.4 is 5.32 Å². The molecule has 0 bridgehead atoms. The first kappa shape index (κ1) is 77.0. The number of unbranched alkanes of at least 4 members (excludes halogenated alkanes) is 18. The molecule has 19 nitrogen and oxygen atoms in total. The second-order valence-electron chi connectivity index (χ2n) is 22.8. The summed E-state index contributed by atoms with van der Waals surface area (Å²) in [6.45, 7) is 1.50. The van der Waals surface area contributed by atoms with Gasteiger partial charge in [-0.3, -0.25) is 4.79 Å². The van der Waals surface area contributed by atoms with Crippen LogP contribution in [0, 0.1) is 0 Å². The summed E-state index contributed by atoms with van der Waals surface area (Å²) >= 11 is 0. The standard InChI is InChI=1S/C67H113NO18/c1-3-5-7-9-11-13-15-17-19-20-21-22-23-24-25-26-27-28-29-31-32-34-36-38-40-42-44-51(72)50(68-55(73)45-43-41-39-37-35-33-30-18-16-14-12-10-8-6-4-2)49-81-65-61(79)58(76)63(53(47-70)83-65)86-67-62(80)59(77)64(54(48-71)84-67)85-66-60(78)57(75)56(74)52(46-69)82-66/h6,8,12,14,18,28-30,34-37,41-44,50-54,56-67,69-72,74-80H,3-5,7,9-11,13,15-17,19-27,31-33,38-40,45-49H2,1-2H3,(H,68,73)/b8-6-,14-12-,29-28+,30-18-,36-34+,37-35-,43-41-,44-42+. The molecule has 12 N–H and O–H groups in total. The van der Waals surface area contributed by atoms with Crippen molar-refractivity contribution in [2.75, 3.05) is 26.4 Å². The number of amides is 1. The second kappa shape index (κ2) is 48.5. The fourth-order valence-electron chi connectivity index (χ4n) is 10.3. The number of rotatable bonds is 47. The summed E-state index contributed by atoms with van der Waals surface area (Å²) < 4.78 is 34.2. The van der Waals surface area contributed by atoms with Crippen molar-refractivity contribution in [3.05, 3.63) is 97.2 Å². The first-order valence-corrected chi connectivity index (χ1v) is 32.5. The molecule has 0 aromatic rings. The van der Waals surface area contributed by atoms with E-state index in [-0.39, 0.29) is 6.42 Å². The van der Waals surface area contributed by atoms with Crippen molar-refractivity contribution >= 4 is 5.91 Å². The maximum atomic E-state index is 13.3. The number of aliphatic hydroxyl groups is 11. The number of carbonyl (C=O) groups is 1. The van der Waals surface area contributed by atoms with Gasteiger partial charge >= 0.3 is 0 Å². The molecule has 3 rings (SSSR count). The number of hydrogen-bond acceptors (Lipinski definition) is 18. The molecule has 0 radical (unpaired) electrons. The molecule has 0 aromatic carbocycles. The summed E-state index contributed by atoms with van der Waals surface area (Å²) in [6, 6.07) is -1.06. The van der Waals surface area contributed by atoms with E-state index in [4.69, 9.17) is 28.4 Å². The molecule has 3 saturated heterocycles. The van der Waals surface area contributed by atoms with Gasteiger partial charge in [0.15, 0.2) is 18.9 Å². The molecule has 0 aliphatic carbocycles. The summed E-state index contributed by atoms with van der Waals surface area (Å²) in [5.74, 6) is -0.420. The van der Waals surface area contributed by atoms with Gasteiger partial charge in [-0.1, -0.05) is 207 Å². The Bertz CT molecular complexity index is 1940. The highest BCUT2D eigenvalue weighted by Crippen LogP contribution is 2.33. The molecule has 19 heteroatoms. The zero-order valence-electron chi connectivity index (χ0n) is 51.7. The van der Waals surface area contributed by atoms with Crippen LogP contribution in [-0.4, -0.2) is 193 Å². The number of aliphatic hydroxyl groups excluding tert-OH is 11. The average Bonchev–Trinajstić information content (AvgIpc) is 2.24. The molecule has 0 spiro atoms. The van der Waals surface area contributed by atoms with Gasteiger partial charge in [0.1, 0.15) is 73.2 Å². The van der Waals surface area contributed by atoms with Gasteiger partial charge in [0.2, 0.25) is 5.91 Å². The van der Waals surface area contributed by atoms with Crippen molar-refractivity contribution in [2.45, 2.75) is 291 Å². The van der Waals surface area contributed by atoms with Gasteiger partial charge < -0.3 is 89.9 Å². The zero-order chi connectivity index (χ0) is 62.6. The van der Waals surface area contributed by atoms with Crippen molar-refractivity contribution in [1.82, 2.24) is 5.32 Å². The van der Waals surface area contributed by atoms with Crippen LogP contribution in [0.25, 0.3) is 0 Å². The third kappa shape index (κ3) is 31.0. The van der Waals surface area contributed by atoms with E-state index in [0.717, 1.165) is 51.4 Å². The lowest BCUT2D eigenvalue weighted by molar-refractivity contribution is -0.379. The Hall–Kier alpha value is -3.29. The smallest absolute Gasteiger partial charge is 0.224 e. The van der Waals surface area contributed by atoms with E-state index in [2.05, 4.69) is 79.9 Å². The molecule has 0 aromatic heterocycles. The fourth-order valence-corrected chi connectivity index (χ4v) is 10.3. The molecular formula is C67H113NO18. The highest BCUT2D eigenvalue weighted by molar-refractivity contribution is 5.77. The largest absolute Gasteiger partial charge is 0.394 e. The zero-order valence-corrected chi connectivity index (χ0v) is 51.7. The van der Waals surface area contributed by atoms with Crippen LogP contribution in [0.5, 0.6) is 0 Å². The van der Waals surface area contributed by atoms with Crippen molar-refractivity contribution < 1.29 is 89.4 Å². The quantitative estimate of drug-likeness (QED) is 0.0210. The van der Waals surface area contributed by atoms with E-state index in [1.165, 1.54) is 103 Å². The van der Waals surface area contributed by atoms with Crippen LogP contribution >= 0.6 is 0 Å². The Morgan fingerprint density at radius 2 is 0.814 bits per heavy atom. The molecular weight excluding hydrogens is 1110 g/mol. The number of nitrogens with one attached hydrogen (secondary N) is 1. The van der Waals surface area contributed by atoms with Crippen LogP contribution in [-0.2, 0) is 33.2 Å². The Morgan fingerprint density at radius 1 is 0.430 bits per heavy atom. The van der Waals surface area contributed by atoms with E-state index in [1.54, 1.807) is 18.2 Å². The molecule has 494 valence electrons. The van der Waals surface area contributed by atoms with Crippen LogP contribution in [0.4, 0.5) is 0 Å². The average molecular weight is 1220 g/mol. The normalized spacial score (nSPS) is 29.4. The molecule has 3 fully saturated rings. The molecule has 3 aliphatic rings. The lowest BCUT2D eigenvalue weighted by Gasteiger charge is -2.48. The third-order valence-electron chi connectivity index (χ3n) is 15.6. The van der Waals surface area contributed by atoms with E-state index < -0.39 is 137 Å². The SMILES string of the molecule is CC/C=C\C/C=C\C/C=C\C/C=C\C/C=C\CC(=O)NC(COC1OC(CO)C(OC2OC(CO)C(OC3OC(CO)C(O)C(O)C3O)C(O)C2O)C(O)C1O)C(O)/C=C/CC/C=C/CC/C=C/CCCCCCCCCCCCCCCCCC.